The molecule has 0 aliphatic rings. The SMILES string of the molecule is O=C(O)c1nn[nH]n1.O=C(O)c1nn[nH]n1.[Mn]. The van der Waals surface area contributed by atoms with Crippen LogP contribution in [0.2, 0.25) is 0 Å². The summed E-state index contributed by atoms with van der Waals surface area (Å²) in [7, 11) is 0. The number of aromatic nitrogens is 8. The average Bonchev–Trinajstić information content (AvgIpc) is 2.93. The van der Waals surface area contributed by atoms with E-state index in [0.29, 0.717) is 0 Å². The molecule has 0 amide bonds. The zero-order chi connectivity index (χ0) is 12.0. The fourth-order valence-corrected chi connectivity index (χ4v) is 0.505. The van der Waals surface area contributed by atoms with Gasteiger partial charge in [-0.3, -0.25) is 0 Å². The van der Waals surface area contributed by atoms with Crippen LogP contribution in [-0.2, 0) is 17.1 Å². The molecule has 0 atom stereocenters. The summed E-state index contributed by atoms with van der Waals surface area (Å²) in [4.78, 5) is 19.8. The maximum Gasteiger partial charge on any atom is 0.377 e. The first-order chi connectivity index (χ1) is 7.61. The van der Waals surface area contributed by atoms with Crippen molar-refractivity contribution >= 4 is 11.9 Å². The number of carbonyl (C=O) groups is 2. The average molecular weight is 283 g/mol. The number of rotatable bonds is 2. The van der Waals surface area contributed by atoms with E-state index in [2.05, 4.69) is 30.8 Å². The maximum absolute atomic E-state index is 9.88. The smallest absolute Gasteiger partial charge is 0.377 e. The summed E-state index contributed by atoms with van der Waals surface area (Å²) in [5.74, 6) is -2.99. The van der Waals surface area contributed by atoms with Crippen LogP contribution in [-0.4, -0.2) is 63.4 Å². The molecule has 0 saturated carbocycles. The standard InChI is InChI=1S/2C2H2N4O2.Mn/c2*7-2(8)1-3-5-6-4-1;/h2*(H,7,8)(H,3,4,5,6);. The van der Waals surface area contributed by atoms with E-state index >= 15 is 0 Å². The van der Waals surface area contributed by atoms with E-state index in [1.807, 2.05) is 10.4 Å². The summed E-state index contributed by atoms with van der Waals surface area (Å²) >= 11 is 0. The van der Waals surface area contributed by atoms with Gasteiger partial charge in [0.15, 0.2) is 0 Å². The summed E-state index contributed by atoms with van der Waals surface area (Å²) in [6.45, 7) is 0. The minimum atomic E-state index is -1.18. The molecule has 2 aromatic rings. The van der Waals surface area contributed by atoms with Gasteiger partial charge in [0.2, 0.25) is 0 Å². The minimum absolute atomic E-state index is 0. The third kappa shape index (κ3) is 4.76. The second-order valence-corrected chi connectivity index (χ2v) is 2.08. The number of nitrogens with one attached hydrogen (secondary N) is 2. The Morgan fingerprint density at radius 1 is 0.882 bits per heavy atom. The molecular weight excluding hydrogens is 279 g/mol. The minimum Gasteiger partial charge on any atom is -0.475 e. The Labute approximate surface area is 102 Å². The van der Waals surface area contributed by atoms with Crippen molar-refractivity contribution in [3.05, 3.63) is 11.6 Å². The van der Waals surface area contributed by atoms with Crippen molar-refractivity contribution in [3.63, 3.8) is 0 Å². The van der Waals surface area contributed by atoms with Crippen LogP contribution in [0.25, 0.3) is 0 Å². The summed E-state index contributed by atoms with van der Waals surface area (Å²) in [5.41, 5.74) is 0. The molecule has 0 fully saturated rings. The first-order valence-corrected chi connectivity index (χ1v) is 3.54. The second-order valence-electron chi connectivity index (χ2n) is 2.08. The number of tetrazole rings is 2. The van der Waals surface area contributed by atoms with E-state index in [4.69, 9.17) is 10.2 Å². The number of nitrogens with zero attached hydrogens (tertiary/aromatic N) is 6. The van der Waals surface area contributed by atoms with Gasteiger partial charge in [0.05, 0.1) is 0 Å². The Kier molecular flexibility index (Phi) is 5.99. The Morgan fingerprint density at radius 2 is 1.24 bits per heavy atom. The van der Waals surface area contributed by atoms with Gasteiger partial charge in [-0.05, 0) is 10.4 Å². The zero-order valence-corrected chi connectivity index (χ0v) is 8.95. The van der Waals surface area contributed by atoms with E-state index in [0.717, 1.165) is 0 Å². The van der Waals surface area contributed by atoms with Gasteiger partial charge < -0.3 is 10.2 Å². The molecule has 2 rings (SSSR count). The summed E-state index contributed by atoms with van der Waals surface area (Å²) in [6.07, 6.45) is 0. The molecule has 4 N–H and O–H groups in total. The van der Waals surface area contributed by atoms with Gasteiger partial charge in [0.25, 0.3) is 11.6 Å². The molecule has 2 heterocycles. The zero-order valence-electron chi connectivity index (χ0n) is 7.77. The van der Waals surface area contributed by atoms with Gasteiger partial charge in [0, 0.05) is 17.1 Å². The molecule has 91 valence electrons. The molecule has 13 heteroatoms. The molecule has 0 bridgehead atoms. The summed E-state index contributed by atoms with van der Waals surface area (Å²) in [5, 5.41) is 38.9. The van der Waals surface area contributed by atoms with Crippen molar-refractivity contribution in [2.24, 2.45) is 0 Å². The van der Waals surface area contributed by atoms with E-state index in [9.17, 15) is 9.59 Å². The Morgan fingerprint density at radius 3 is 1.35 bits per heavy atom. The van der Waals surface area contributed by atoms with Crippen LogP contribution in [0, 0.1) is 0 Å². The number of hydrogen-bond acceptors (Lipinski definition) is 8. The molecule has 0 aromatic carbocycles. The fraction of sp³-hybridized carbons (Fsp3) is 0. The largest absolute Gasteiger partial charge is 0.475 e. The molecule has 1 radical (unpaired) electrons. The predicted octanol–water partition coefficient (Wildman–Crippen LogP) is -2.21. The Bertz CT molecular complexity index is 410. The topological polar surface area (TPSA) is 184 Å². The summed E-state index contributed by atoms with van der Waals surface area (Å²) < 4.78 is 0. The van der Waals surface area contributed by atoms with Crippen molar-refractivity contribution in [3.8, 4) is 0 Å². The van der Waals surface area contributed by atoms with E-state index in [1.165, 1.54) is 0 Å². The number of H-pyrrole nitrogens is 2. The van der Waals surface area contributed by atoms with Crippen LogP contribution >= 0.6 is 0 Å². The van der Waals surface area contributed by atoms with Crippen molar-refractivity contribution in [2.45, 2.75) is 0 Å². The van der Waals surface area contributed by atoms with Crippen molar-refractivity contribution < 1.29 is 36.9 Å². The monoisotopic (exact) mass is 283 g/mol. The van der Waals surface area contributed by atoms with Crippen LogP contribution in [0.4, 0.5) is 0 Å². The molecule has 12 nitrogen and oxygen atoms in total. The third-order valence-electron chi connectivity index (χ3n) is 1.07. The Hall–Kier alpha value is -2.40. The molecule has 0 aliphatic carbocycles. The van der Waals surface area contributed by atoms with Gasteiger partial charge >= 0.3 is 11.9 Å². The van der Waals surface area contributed by atoms with Gasteiger partial charge in [-0.1, -0.05) is 0 Å². The van der Waals surface area contributed by atoms with Crippen LogP contribution in [0.3, 0.4) is 0 Å². The normalized spacial score (nSPS) is 8.47. The number of aromatic carboxylic acids is 2. The van der Waals surface area contributed by atoms with Gasteiger partial charge in [0.1, 0.15) is 0 Å². The molecule has 0 saturated heterocycles. The first kappa shape index (κ1) is 14.6. The first-order valence-electron chi connectivity index (χ1n) is 3.54. The molecular formula is C4H4MnN8O4. The van der Waals surface area contributed by atoms with Gasteiger partial charge in [-0.25, -0.2) is 9.59 Å². The molecule has 0 spiro atoms. The summed E-state index contributed by atoms with van der Waals surface area (Å²) in [6, 6.07) is 0. The van der Waals surface area contributed by atoms with Crippen molar-refractivity contribution in [1.29, 1.82) is 0 Å². The number of hydrogen-bond donors (Lipinski definition) is 4. The van der Waals surface area contributed by atoms with Crippen LogP contribution in [0.15, 0.2) is 0 Å². The second kappa shape index (κ2) is 6.97. The van der Waals surface area contributed by atoms with Gasteiger partial charge in [-0.2, -0.15) is 10.4 Å². The van der Waals surface area contributed by atoms with Crippen molar-refractivity contribution in [2.75, 3.05) is 0 Å². The molecule has 0 unspecified atom stereocenters. The number of carboxylic acids is 2. The number of carboxylic acid groups (broad SMARTS) is 2. The molecule has 0 aliphatic heterocycles. The fourth-order valence-electron chi connectivity index (χ4n) is 0.505. The van der Waals surface area contributed by atoms with Crippen LogP contribution in [0.5, 0.6) is 0 Å². The molecule has 2 aromatic heterocycles. The van der Waals surface area contributed by atoms with Crippen LogP contribution < -0.4 is 0 Å². The molecule has 17 heavy (non-hydrogen) atoms. The quantitative estimate of drug-likeness (QED) is 0.440. The third-order valence-corrected chi connectivity index (χ3v) is 1.07. The van der Waals surface area contributed by atoms with E-state index in [-0.39, 0.29) is 28.7 Å². The van der Waals surface area contributed by atoms with E-state index < -0.39 is 11.9 Å². The van der Waals surface area contributed by atoms with Crippen LogP contribution in [0.1, 0.15) is 21.2 Å². The maximum atomic E-state index is 9.88. The van der Waals surface area contributed by atoms with E-state index in [1.54, 1.807) is 0 Å². The van der Waals surface area contributed by atoms with Crippen molar-refractivity contribution in [1.82, 2.24) is 41.2 Å². The Balaban J connectivity index is 0.000000284. The predicted molar refractivity (Wildman–Crippen MR) is 42.3 cm³/mol. The van der Waals surface area contributed by atoms with Gasteiger partial charge in [-0.15, -0.1) is 20.4 Å². The number of aromatic amines is 2.